The zero-order chi connectivity index (χ0) is 13.8. The highest BCUT2D eigenvalue weighted by Crippen LogP contribution is 2.36. The fourth-order valence-electron chi connectivity index (χ4n) is 2.51. The van der Waals surface area contributed by atoms with Crippen LogP contribution in [0.2, 0.25) is 0 Å². The van der Waals surface area contributed by atoms with Crippen molar-refractivity contribution in [3.05, 3.63) is 29.1 Å². The second kappa shape index (κ2) is 4.04. The van der Waals surface area contributed by atoms with Gasteiger partial charge in [-0.2, -0.15) is 0 Å². The van der Waals surface area contributed by atoms with Gasteiger partial charge in [0.05, 0.1) is 11.2 Å². The maximum absolute atomic E-state index is 14.5. The summed E-state index contributed by atoms with van der Waals surface area (Å²) in [4.78, 5) is 0. The zero-order valence-corrected chi connectivity index (χ0v) is 11.8. The van der Waals surface area contributed by atoms with Crippen molar-refractivity contribution in [2.24, 2.45) is 0 Å². The Morgan fingerprint density at radius 2 is 1.74 bits per heavy atom. The van der Waals surface area contributed by atoms with E-state index in [2.05, 4.69) is 5.32 Å². The van der Waals surface area contributed by atoms with Gasteiger partial charge in [-0.3, -0.25) is 0 Å². The van der Waals surface area contributed by atoms with E-state index in [0.717, 1.165) is 17.7 Å². The first-order chi connectivity index (χ1) is 8.82. The number of benzene rings is 1. The lowest BCUT2D eigenvalue weighted by Crippen LogP contribution is -2.41. The summed E-state index contributed by atoms with van der Waals surface area (Å²) in [6.45, 7) is 9.20. The van der Waals surface area contributed by atoms with Gasteiger partial charge in [-0.25, -0.2) is 4.39 Å². The van der Waals surface area contributed by atoms with E-state index in [1.54, 1.807) is 6.07 Å². The first kappa shape index (κ1) is 13.1. The first-order valence-corrected chi connectivity index (χ1v) is 6.68. The summed E-state index contributed by atoms with van der Waals surface area (Å²) in [6.07, 6.45) is 0. The second-order valence-corrected chi connectivity index (χ2v) is 6.30. The van der Waals surface area contributed by atoms with Crippen molar-refractivity contribution in [2.45, 2.75) is 52.0 Å². The second-order valence-electron chi connectivity index (χ2n) is 6.30. The van der Waals surface area contributed by atoms with Crippen LogP contribution in [0.4, 0.5) is 4.39 Å². The largest absolute Gasteiger partial charge is 0.497 e. The van der Waals surface area contributed by atoms with Gasteiger partial charge in [0.1, 0.15) is 5.82 Å². The Labute approximate surface area is 113 Å². The van der Waals surface area contributed by atoms with Gasteiger partial charge in [0.25, 0.3) is 0 Å². The Morgan fingerprint density at radius 1 is 1.11 bits per heavy atom. The number of halogens is 1. The van der Waals surface area contributed by atoms with Crippen LogP contribution in [-0.2, 0) is 22.4 Å². The number of hydrogen-bond donors (Lipinski definition) is 1. The Kier molecular flexibility index (Phi) is 2.79. The van der Waals surface area contributed by atoms with Gasteiger partial charge in [0, 0.05) is 24.1 Å². The molecule has 102 valence electrons. The molecular formula is C14H19BFNO2. The molecule has 0 aromatic heterocycles. The molecule has 1 N–H and O–H groups in total. The highest BCUT2D eigenvalue weighted by molar-refractivity contribution is 6.62. The van der Waals surface area contributed by atoms with Crippen molar-refractivity contribution in [1.82, 2.24) is 5.32 Å². The molecule has 0 spiro atoms. The van der Waals surface area contributed by atoms with Crippen LogP contribution < -0.4 is 10.8 Å². The van der Waals surface area contributed by atoms with Gasteiger partial charge in [-0.15, -0.1) is 0 Å². The number of rotatable bonds is 1. The molecule has 1 fully saturated rings. The van der Waals surface area contributed by atoms with Gasteiger partial charge < -0.3 is 14.6 Å². The van der Waals surface area contributed by atoms with Crippen molar-refractivity contribution in [3.8, 4) is 0 Å². The smallest absolute Gasteiger partial charge is 0.399 e. The highest BCUT2D eigenvalue weighted by Gasteiger charge is 2.52. The van der Waals surface area contributed by atoms with E-state index in [1.165, 1.54) is 0 Å². The van der Waals surface area contributed by atoms with Crippen LogP contribution in [0.5, 0.6) is 0 Å². The van der Waals surface area contributed by atoms with Crippen LogP contribution >= 0.6 is 0 Å². The number of hydrogen-bond acceptors (Lipinski definition) is 3. The summed E-state index contributed by atoms with van der Waals surface area (Å²) in [5.74, 6) is -0.194. The lowest BCUT2D eigenvalue weighted by Gasteiger charge is -2.32. The quantitative estimate of drug-likeness (QED) is 0.783. The van der Waals surface area contributed by atoms with Crippen molar-refractivity contribution in [3.63, 3.8) is 0 Å². The van der Waals surface area contributed by atoms with Crippen LogP contribution in [-0.4, -0.2) is 18.3 Å². The summed E-state index contributed by atoms with van der Waals surface area (Å²) in [6, 6.07) is 3.74. The summed E-state index contributed by atoms with van der Waals surface area (Å²) < 4.78 is 26.3. The Bertz CT molecular complexity index is 514. The van der Waals surface area contributed by atoms with Gasteiger partial charge in [0.2, 0.25) is 0 Å². The van der Waals surface area contributed by atoms with E-state index in [0.29, 0.717) is 12.0 Å². The normalized spacial score (nSPS) is 23.7. The van der Waals surface area contributed by atoms with Crippen molar-refractivity contribution < 1.29 is 13.7 Å². The molecule has 1 aromatic carbocycles. The molecule has 1 aromatic rings. The topological polar surface area (TPSA) is 30.5 Å². The highest BCUT2D eigenvalue weighted by atomic mass is 19.1. The molecule has 3 nitrogen and oxygen atoms in total. The summed E-state index contributed by atoms with van der Waals surface area (Å²) in [5, 5.41) is 3.16. The Morgan fingerprint density at radius 3 is 2.37 bits per heavy atom. The monoisotopic (exact) mass is 263 g/mol. The Hall–Kier alpha value is -0.905. The average Bonchev–Trinajstić information content (AvgIpc) is 2.83. The predicted octanol–water partition coefficient (Wildman–Crippen LogP) is 1.73. The maximum Gasteiger partial charge on any atom is 0.497 e. The molecule has 2 heterocycles. The number of nitrogens with one attached hydrogen (secondary N) is 1. The minimum absolute atomic E-state index is 0.194. The third-order valence-electron chi connectivity index (χ3n) is 4.49. The summed E-state index contributed by atoms with van der Waals surface area (Å²) in [5.41, 5.74) is 1.38. The van der Waals surface area contributed by atoms with Crippen LogP contribution in [0, 0.1) is 5.82 Å². The lowest BCUT2D eigenvalue weighted by molar-refractivity contribution is 0.00578. The molecule has 0 aliphatic carbocycles. The predicted molar refractivity (Wildman–Crippen MR) is 72.7 cm³/mol. The fourth-order valence-corrected chi connectivity index (χ4v) is 2.51. The van der Waals surface area contributed by atoms with E-state index < -0.39 is 18.3 Å². The Balaban J connectivity index is 1.97. The lowest BCUT2D eigenvalue weighted by atomic mass is 9.77. The first-order valence-electron chi connectivity index (χ1n) is 6.68. The van der Waals surface area contributed by atoms with Gasteiger partial charge in [-0.05, 0) is 33.3 Å². The van der Waals surface area contributed by atoms with E-state index in [9.17, 15) is 4.39 Å². The van der Waals surface area contributed by atoms with E-state index >= 15 is 0 Å². The maximum atomic E-state index is 14.5. The SMILES string of the molecule is CC1(C)OB(c2ccc3c(c2F)CNC3)OC1(C)C. The van der Waals surface area contributed by atoms with Gasteiger partial charge in [0.15, 0.2) is 0 Å². The molecule has 2 aliphatic rings. The molecule has 5 heteroatoms. The van der Waals surface area contributed by atoms with Crippen LogP contribution in [0.1, 0.15) is 38.8 Å². The minimum Gasteiger partial charge on any atom is -0.399 e. The molecule has 0 atom stereocenters. The third-order valence-corrected chi connectivity index (χ3v) is 4.49. The molecule has 0 amide bonds. The molecule has 0 saturated carbocycles. The van der Waals surface area contributed by atoms with Crippen molar-refractivity contribution >= 4 is 12.6 Å². The van der Waals surface area contributed by atoms with E-state index in [1.807, 2.05) is 33.8 Å². The van der Waals surface area contributed by atoms with E-state index in [-0.39, 0.29) is 5.82 Å². The average molecular weight is 263 g/mol. The molecule has 0 bridgehead atoms. The minimum atomic E-state index is -0.629. The van der Waals surface area contributed by atoms with Crippen molar-refractivity contribution in [1.29, 1.82) is 0 Å². The van der Waals surface area contributed by atoms with Crippen LogP contribution in [0.3, 0.4) is 0 Å². The molecule has 1 saturated heterocycles. The zero-order valence-electron chi connectivity index (χ0n) is 11.8. The number of fused-ring (bicyclic) bond motifs is 1. The molecular weight excluding hydrogens is 244 g/mol. The molecule has 19 heavy (non-hydrogen) atoms. The molecule has 3 rings (SSSR count). The van der Waals surface area contributed by atoms with E-state index in [4.69, 9.17) is 9.31 Å². The van der Waals surface area contributed by atoms with Crippen LogP contribution in [0.25, 0.3) is 0 Å². The summed E-state index contributed by atoms with van der Waals surface area (Å²) >= 11 is 0. The van der Waals surface area contributed by atoms with Gasteiger partial charge in [-0.1, -0.05) is 12.1 Å². The van der Waals surface area contributed by atoms with Crippen molar-refractivity contribution in [2.75, 3.05) is 0 Å². The molecule has 0 radical (unpaired) electrons. The molecule has 2 aliphatic heterocycles. The van der Waals surface area contributed by atoms with Gasteiger partial charge >= 0.3 is 7.12 Å². The summed E-state index contributed by atoms with van der Waals surface area (Å²) in [7, 11) is -0.629. The molecule has 0 unspecified atom stereocenters. The third kappa shape index (κ3) is 1.92. The fraction of sp³-hybridized carbons (Fsp3) is 0.571. The standard InChI is InChI=1S/C14H19BFNO2/c1-13(2)14(3,4)19-15(18-13)11-6-5-9-7-17-8-10(9)12(11)16/h5-6,17H,7-8H2,1-4H3. The van der Waals surface area contributed by atoms with Crippen LogP contribution in [0.15, 0.2) is 12.1 Å².